The molecule has 0 N–H and O–H groups in total. The summed E-state index contributed by atoms with van der Waals surface area (Å²) in [5.41, 5.74) is 3.48. The van der Waals surface area contributed by atoms with Gasteiger partial charge in [-0.25, -0.2) is 0 Å². The fourth-order valence-corrected chi connectivity index (χ4v) is 3.88. The van der Waals surface area contributed by atoms with Gasteiger partial charge in [-0.2, -0.15) is 0 Å². The molecule has 1 aliphatic rings. The molecule has 0 aromatic heterocycles. The monoisotopic (exact) mass is 354 g/mol. The van der Waals surface area contributed by atoms with Crippen molar-refractivity contribution in [2.45, 2.75) is 26.2 Å². The number of aryl methyl sites for hydroxylation is 2. The average Bonchev–Trinajstić information content (AvgIpc) is 3.46. The van der Waals surface area contributed by atoms with Crippen molar-refractivity contribution in [1.82, 2.24) is 0 Å². The summed E-state index contributed by atoms with van der Waals surface area (Å²) in [5, 5.41) is 0. The molecule has 1 unspecified atom stereocenters. The Morgan fingerprint density at radius 2 is 1.15 bits per heavy atom. The molecule has 134 valence electrons. The second-order valence-corrected chi connectivity index (χ2v) is 7.53. The quantitative estimate of drug-likeness (QED) is 0.445. The summed E-state index contributed by atoms with van der Waals surface area (Å²) in [5.74, 6) is -0.204. The Hall–Kier alpha value is -3.00. The molecule has 1 saturated carbocycles. The Morgan fingerprint density at radius 1 is 0.704 bits per heavy atom. The molecule has 0 bridgehead atoms. The third-order valence-electron chi connectivity index (χ3n) is 5.60. The van der Waals surface area contributed by atoms with E-state index in [0.29, 0.717) is 17.5 Å². The van der Waals surface area contributed by atoms with Crippen LogP contribution in [0.25, 0.3) is 0 Å². The van der Waals surface area contributed by atoms with Crippen molar-refractivity contribution in [2.24, 2.45) is 5.41 Å². The zero-order chi connectivity index (χ0) is 19.0. The van der Waals surface area contributed by atoms with Gasteiger partial charge in [-0.05, 0) is 25.8 Å². The molecule has 1 aliphatic carbocycles. The summed E-state index contributed by atoms with van der Waals surface area (Å²) in [6, 6.07) is 25.0. The van der Waals surface area contributed by atoms with Crippen LogP contribution < -0.4 is 0 Å². The molecular weight excluding hydrogens is 332 g/mol. The highest BCUT2D eigenvalue weighted by molar-refractivity contribution is 6.23. The molecule has 0 amide bonds. The van der Waals surface area contributed by atoms with Crippen molar-refractivity contribution in [3.8, 4) is 0 Å². The predicted octanol–water partition coefficient (Wildman–Crippen LogP) is 5.54. The van der Waals surface area contributed by atoms with Crippen molar-refractivity contribution in [3.63, 3.8) is 0 Å². The lowest BCUT2D eigenvalue weighted by Crippen LogP contribution is -2.28. The van der Waals surface area contributed by atoms with Crippen molar-refractivity contribution in [2.75, 3.05) is 0 Å². The topological polar surface area (TPSA) is 34.1 Å². The van der Waals surface area contributed by atoms with Crippen LogP contribution in [0.1, 0.15) is 49.7 Å². The fourth-order valence-electron chi connectivity index (χ4n) is 3.88. The Bertz CT molecular complexity index is 925. The normalized spacial score (nSPS) is 17.3. The van der Waals surface area contributed by atoms with E-state index in [0.717, 1.165) is 16.7 Å². The summed E-state index contributed by atoms with van der Waals surface area (Å²) >= 11 is 0. The predicted molar refractivity (Wildman–Crippen MR) is 107 cm³/mol. The van der Waals surface area contributed by atoms with Crippen LogP contribution in [0.5, 0.6) is 0 Å². The molecule has 4 rings (SSSR count). The third kappa shape index (κ3) is 3.02. The Kier molecular flexibility index (Phi) is 4.27. The van der Waals surface area contributed by atoms with E-state index in [4.69, 9.17) is 0 Å². The maximum Gasteiger partial charge on any atom is 0.177 e. The van der Waals surface area contributed by atoms with Gasteiger partial charge in [0.2, 0.25) is 0 Å². The molecule has 3 aromatic rings. The van der Waals surface area contributed by atoms with Gasteiger partial charge in [0.15, 0.2) is 11.6 Å². The van der Waals surface area contributed by atoms with Crippen LogP contribution in [0.4, 0.5) is 0 Å². The van der Waals surface area contributed by atoms with E-state index in [-0.39, 0.29) is 17.5 Å². The first-order valence-corrected chi connectivity index (χ1v) is 9.30. The number of hydrogen-bond donors (Lipinski definition) is 0. The first kappa shape index (κ1) is 17.4. The number of hydrogen-bond acceptors (Lipinski definition) is 2. The van der Waals surface area contributed by atoms with Crippen LogP contribution in [0, 0.1) is 19.3 Å². The molecule has 1 fully saturated rings. The second kappa shape index (κ2) is 6.62. The maximum absolute atomic E-state index is 13.5. The van der Waals surface area contributed by atoms with Gasteiger partial charge < -0.3 is 0 Å². The molecule has 0 spiro atoms. The van der Waals surface area contributed by atoms with Crippen LogP contribution in [-0.2, 0) is 0 Å². The number of carbonyl (C=O) groups is 2. The molecule has 0 heterocycles. The van der Waals surface area contributed by atoms with Gasteiger partial charge >= 0.3 is 0 Å². The first-order valence-electron chi connectivity index (χ1n) is 9.30. The number of benzene rings is 3. The van der Waals surface area contributed by atoms with E-state index in [1.165, 1.54) is 0 Å². The molecule has 1 atom stereocenters. The van der Waals surface area contributed by atoms with E-state index >= 15 is 0 Å². The van der Waals surface area contributed by atoms with Gasteiger partial charge in [-0.1, -0.05) is 90.0 Å². The number of ketones is 2. The largest absolute Gasteiger partial charge is 0.293 e. The standard InChI is InChI=1S/C25H22O2/c1-17-8-12-20(13-9-17)23(26)25(16-22(25)19-6-4-3-5-7-19)24(27)21-14-10-18(2)11-15-21/h3-15,22H,16H2,1-2H3. The lowest BCUT2D eigenvalue weighted by atomic mass is 9.83. The Labute approximate surface area is 159 Å². The molecule has 0 aliphatic heterocycles. The fraction of sp³-hybridized carbons (Fsp3) is 0.200. The molecule has 27 heavy (non-hydrogen) atoms. The van der Waals surface area contributed by atoms with Crippen LogP contribution in [0.3, 0.4) is 0 Å². The van der Waals surface area contributed by atoms with Crippen LogP contribution in [0.2, 0.25) is 0 Å². The van der Waals surface area contributed by atoms with Gasteiger partial charge in [0.25, 0.3) is 0 Å². The van der Waals surface area contributed by atoms with Crippen molar-refractivity contribution in [1.29, 1.82) is 0 Å². The zero-order valence-electron chi connectivity index (χ0n) is 15.6. The van der Waals surface area contributed by atoms with Crippen LogP contribution in [0.15, 0.2) is 78.9 Å². The second-order valence-electron chi connectivity index (χ2n) is 7.53. The maximum atomic E-state index is 13.5. The van der Waals surface area contributed by atoms with Gasteiger partial charge in [-0.15, -0.1) is 0 Å². The Balaban J connectivity index is 1.77. The van der Waals surface area contributed by atoms with Gasteiger partial charge in [-0.3, -0.25) is 9.59 Å². The van der Waals surface area contributed by atoms with E-state index in [2.05, 4.69) is 0 Å². The van der Waals surface area contributed by atoms with Gasteiger partial charge in [0, 0.05) is 17.0 Å². The van der Waals surface area contributed by atoms with Crippen molar-refractivity contribution >= 4 is 11.6 Å². The Morgan fingerprint density at radius 3 is 1.59 bits per heavy atom. The molecule has 2 heteroatoms. The molecule has 0 saturated heterocycles. The SMILES string of the molecule is Cc1ccc(C(=O)C2(C(=O)c3ccc(C)cc3)CC2c2ccccc2)cc1. The summed E-state index contributed by atoms with van der Waals surface area (Å²) in [6.07, 6.45) is 0.566. The van der Waals surface area contributed by atoms with E-state index < -0.39 is 5.41 Å². The highest BCUT2D eigenvalue weighted by Gasteiger charge is 2.65. The molecule has 2 nitrogen and oxygen atoms in total. The lowest BCUT2D eigenvalue weighted by Gasteiger charge is -2.16. The number of Topliss-reactive ketones (excluding diaryl/α,β-unsaturated/α-hetero) is 2. The summed E-state index contributed by atoms with van der Waals surface area (Å²) in [7, 11) is 0. The highest BCUT2D eigenvalue weighted by Crippen LogP contribution is 2.62. The minimum atomic E-state index is -0.994. The zero-order valence-corrected chi connectivity index (χ0v) is 15.6. The minimum absolute atomic E-state index is 0.0677. The highest BCUT2D eigenvalue weighted by atomic mass is 16.2. The minimum Gasteiger partial charge on any atom is -0.293 e. The van der Waals surface area contributed by atoms with E-state index in [1.54, 1.807) is 0 Å². The van der Waals surface area contributed by atoms with E-state index in [9.17, 15) is 9.59 Å². The number of carbonyl (C=O) groups excluding carboxylic acids is 2. The van der Waals surface area contributed by atoms with Crippen LogP contribution >= 0.6 is 0 Å². The van der Waals surface area contributed by atoms with Crippen molar-refractivity contribution < 1.29 is 9.59 Å². The van der Waals surface area contributed by atoms with Gasteiger partial charge in [0.05, 0.1) is 0 Å². The van der Waals surface area contributed by atoms with E-state index in [1.807, 2.05) is 92.7 Å². The number of rotatable bonds is 5. The summed E-state index contributed by atoms with van der Waals surface area (Å²) < 4.78 is 0. The third-order valence-corrected chi connectivity index (χ3v) is 5.60. The lowest BCUT2D eigenvalue weighted by molar-refractivity contribution is 0.0776. The summed E-state index contributed by atoms with van der Waals surface area (Å²) in [6.45, 7) is 3.98. The molecular formula is C25H22O2. The van der Waals surface area contributed by atoms with Crippen LogP contribution in [-0.4, -0.2) is 11.6 Å². The smallest absolute Gasteiger partial charge is 0.177 e. The molecule has 3 aromatic carbocycles. The van der Waals surface area contributed by atoms with Crippen molar-refractivity contribution in [3.05, 3.63) is 107 Å². The average molecular weight is 354 g/mol. The molecule has 0 radical (unpaired) electrons. The summed E-state index contributed by atoms with van der Waals surface area (Å²) in [4.78, 5) is 27.0. The van der Waals surface area contributed by atoms with Gasteiger partial charge in [0.1, 0.15) is 5.41 Å². The first-order chi connectivity index (χ1) is 13.0.